The molecule has 0 aromatic heterocycles. The van der Waals surface area contributed by atoms with E-state index >= 15 is 0 Å². The topological polar surface area (TPSA) is 12.0 Å². The van der Waals surface area contributed by atoms with Crippen LogP contribution in [0, 0.1) is 18.6 Å². The molecule has 0 aliphatic carbocycles. The molecule has 0 aliphatic rings. The molecule has 0 saturated carbocycles. The summed E-state index contributed by atoms with van der Waals surface area (Å²) in [5.74, 6) is -0.634. The molecule has 0 aliphatic heterocycles. The first-order valence-electron chi connectivity index (χ1n) is 6.40. The van der Waals surface area contributed by atoms with E-state index in [2.05, 4.69) is 5.32 Å². The van der Waals surface area contributed by atoms with Crippen molar-refractivity contribution in [2.24, 2.45) is 0 Å². The minimum Gasteiger partial charge on any atom is -0.306 e. The number of benzene rings is 2. The van der Waals surface area contributed by atoms with E-state index in [0.717, 1.165) is 11.1 Å². The van der Waals surface area contributed by atoms with Gasteiger partial charge in [-0.25, -0.2) is 8.78 Å². The molecule has 1 atom stereocenters. The summed E-state index contributed by atoms with van der Waals surface area (Å²) >= 11 is 5.73. The van der Waals surface area contributed by atoms with Gasteiger partial charge >= 0.3 is 0 Å². The Morgan fingerprint density at radius 2 is 1.85 bits per heavy atom. The quantitative estimate of drug-likeness (QED) is 0.856. The van der Waals surface area contributed by atoms with Gasteiger partial charge in [-0.05, 0) is 48.7 Å². The number of hydrogen-bond donors (Lipinski definition) is 1. The van der Waals surface area contributed by atoms with Crippen molar-refractivity contribution < 1.29 is 8.78 Å². The molecule has 0 radical (unpaired) electrons. The van der Waals surface area contributed by atoms with Gasteiger partial charge in [0.2, 0.25) is 0 Å². The average Bonchev–Trinajstić information content (AvgIpc) is 2.43. The molecule has 0 amide bonds. The van der Waals surface area contributed by atoms with Crippen molar-refractivity contribution in [2.45, 2.75) is 26.4 Å². The van der Waals surface area contributed by atoms with Crippen molar-refractivity contribution in [3.05, 3.63) is 69.7 Å². The zero-order valence-electron chi connectivity index (χ0n) is 11.4. The van der Waals surface area contributed by atoms with Gasteiger partial charge in [0.25, 0.3) is 0 Å². The minimum absolute atomic E-state index is 0.00562. The predicted octanol–water partition coefficient (Wildman–Crippen LogP) is 4.78. The van der Waals surface area contributed by atoms with E-state index in [1.54, 1.807) is 25.1 Å². The van der Waals surface area contributed by atoms with Gasteiger partial charge in [-0.2, -0.15) is 0 Å². The van der Waals surface area contributed by atoms with Gasteiger partial charge in [0.05, 0.1) is 5.02 Å². The summed E-state index contributed by atoms with van der Waals surface area (Å²) in [6, 6.07) is 9.79. The first-order chi connectivity index (χ1) is 9.47. The number of rotatable bonds is 4. The molecule has 1 nitrogen and oxygen atoms in total. The van der Waals surface area contributed by atoms with Gasteiger partial charge in [0, 0.05) is 12.6 Å². The highest BCUT2D eigenvalue weighted by molar-refractivity contribution is 6.30. The largest absolute Gasteiger partial charge is 0.306 e. The number of halogens is 3. The Balaban J connectivity index is 2.02. The van der Waals surface area contributed by atoms with Crippen LogP contribution < -0.4 is 5.32 Å². The van der Waals surface area contributed by atoms with Crippen LogP contribution in [0.3, 0.4) is 0 Å². The van der Waals surface area contributed by atoms with Gasteiger partial charge < -0.3 is 5.32 Å². The monoisotopic (exact) mass is 295 g/mol. The molecule has 2 rings (SSSR count). The van der Waals surface area contributed by atoms with Crippen LogP contribution in [0.25, 0.3) is 0 Å². The minimum atomic E-state index is -0.427. The SMILES string of the molecule is Cc1ccc(C(C)NCc2ccc(F)c(Cl)c2)cc1F. The van der Waals surface area contributed by atoms with Crippen LogP contribution in [-0.2, 0) is 6.54 Å². The van der Waals surface area contributed by atoms with E-state index in [-0.39, 0.29) is 16.9 Å². The van der Waals surface area contributed by atoms with Crippen LogP contribution in [-0.4, -0.2) is 0 Å². The second-order valence-corrected chi connectivity index (χ2v) is 5.27. The molecule has 0 spiro atoms. The van der Waals surface area contributed by atoms with Crippen LogP contribution in [0.2, 0.25) is 5.02 Å². The number of nitrogens with one attached hydrogen (secondary N) is 1. The van der Waals surface area contributed by atoms with Crippen molar-refractivity contribution in [3.8, 4) is 0 Å². The summed E-state index contributed by atoms with van der Waals surface area (Å²) in [6.07, 6.45) is 0. The summed E-state index contributed by atoms with van der Waals surface area (Å²) < 4.78 is 26.6. The lowest BCUT2D eigenvalue weighted by molar-refractivity contribution is 0.562. The normalized spacial score (nSPS) is 12.4. The van der Waals surface area contributed by atoms with Crippen molar-refractivity contribution in [1.82, 2.24) is 5.32 Å². The molecule has 2 aromatic carbocycles. The second kappa shape index (κ2) is 6.33. The molecule has 106 valence electrons. The molecule has 4 heteroatoms. The van der Waals surface area contributed by atoms with E-state index in [1.807, 2.05) is 13.0 Å². The van der Waals surface area contributed by atoms with Gasteiger partial charge in [-0.15, -0.1) is 0 Å². The summed E-state index contributed by atoms with van der Waals surface area (Å²) in [5, 5.41) is 3.37. The van der Waals surface area contributed by atoms with Gasteiger partial charge in [0.15, 0.2) is 0 Å². The molecular weight excluding hydrogens is 280 g/mol. The number of hydrogen-bond acceptors (Lipinski definition) is 1. The molecule has 1 N–H and O–H groups in total. The van der Waals surface area contributed by atoms with E-state index in [0.29, 0.717) is 12.1 Å². The standard InChI is InChI=1S/C16H16ClF2N/c1-10-3-5-13(8-16(10)19)11(2)20-9-12-4-6-15(18)14(17)7-12/h3-8,11,20H,9H2,1-2H3. The maximum atomic E-state index is 13.5. The fourth-order valence-corrected chi connectivity index (χ4v) is 2.12. The van der Waals surface area contributed by atoms with E-state index in [4.69, 9.17) is 11.6 Å². The Hall–Kier alpha value is -1.45. The summed E-state index contributed by atoms with van der Waals surface area (Å²) in [6.45, 7) is 4.23. The third kappa shape index (κ3) is 3.56. The molecule has 0 fully saturated rings. The Bertz CT molecular complexity index is 613. The lowest BCUT2D eigenvalue weighted by atomic mass is 10.1. The second-order valence-electron chi connectivity index (χ2n) is 4.86. The highest BCUT2D eigenvalue weighted by Gasteiger charge is 2.08. The van der Waals surface area contributed by atoms with E-state index in [9.17, 15) is 8.78 Å². The number of aryl methyl sites for hydroxylation is 1. The maximum Gasteiger partial charge on any atom is 0.141 e. The summed E-state index contributed by atoms with van der Waals surface area (Å²) in [7, 11) is 0. The van der Waals surface area contributed by atoms with Gasteiger partial charge in [0.1, 0.15) is 11.6 Å². The average molecular weight is 296 g/mol. The molecule has 0 heterocycles. The molecule has 0 bridgehead atoms. The van der Waals surface area contributed by atoms with E-state index < -0.39 is 5.82 Å². The molecular formula is C16H16ClF2N. The van der Waals surface area contributed by atoms with Crippen molar-refractivity contribution in [3.63, 3.8) is 0 Å². The Morgan fingerprint density at radius 3 is 2.50 bits per heavy atom. The Labute approximate surface area is 122 Å². The summed E-state index contributed by atoms with van der Waals surface area (Å²) in [5.41, 5.74) is 2.39. The van der Waals surface area contributed by atoms with Crippen LogP contribution in [0.5, 0.6) is 0 Å². The smallest absolute Gasteiger partial charge is 0.141 e. The Morgan fingerprint density at radius 1 is 1.10 bits per heavy atom. The van der Waals surface area contributed by atoms with E-state index in [1.165, 1.54) is 12.1 Å². The first-order valence-corrected chi connectivity index (χ1v) is 6.78. The molecule has 0 saturated heterocycles. The maximum absolute atomic E-state index is 13.5. The van der Waals surface area contributed by atoms with Crippen molar-refractivity contribution in [1.29, 1.82) is 0 Å². The zero-order chi connectivity index (χ0) is 14.7. The van der Waals surface area contributed by atoms with Crippen molar-refractivity contribution in [2.75, 3.05) is 0 Å². The third-order valence-corrected chi connectivity index (χ3v) is 3.58. The van der Waals surface area contributed by atoms with Gasteiger partial charge in [-0.1, -0.05) is 29.8 Å². The van der Waals surface area contributed by atoms with Crippen LogP contribution in [0.15, 0.2) is 36.4 Å². The van der Waals surface area contributed by atoms with Crippen molar-refractivity contribution >= 4 is 11.6 Å². The van der Waals surface area contributed by atoms with Gasteiger partial charge in [-0.3, -0.25) is 0 Å². The molecule has 1 unspecified atom stereocenters. The van der Waals surface area contributed by atoms with Crippen LogP contribution >= 0.6 is 11.6 Å². The summed E-state index contributed by atoms with van der Waals surface area (Å²) in [4.78, 5) is 0. The third-order valence-electron chi connectivity index (χ3n) is 3.29. The fourth-order valence-electron chi connectivity index (χ4n) is 1.92. The predicted molar refractivity (Wildman–Crippen MR) is 77.8 cm³/mol. The highest BCUT2D eigenvalue weighted by Crippen LogP contribution is 2.19. The van der Waals surface area contributed by atoms with Crippen LogP contribution in [0.1, 0.15) is 29.7 Å². The molecule has 20 heavy (non-hydrogen) atoms. The molecule has 2 aromatic rings. The fraction of sp³-hybridized carbons (Fsp3) is 0.250. The lowest BCUT2D eigenvalue weighted by Crippen LogP contribution is -2.18. The first kappa shape index (κ1) is 14.9. The highest BCUT2D eigenvalue weighted by atomic mass is 35.5. The lowest BCUT2D eigenvalue weighted by Gasteiger charge is -2.15. The van der Waals surface area contributed by atoms with Crippen LogP contribution in [0.4, 0.5) is 8.78 Å². The Kier molecular flexibility index (Phi) is 4.73. The zero-order valence-corrected chi connectivity index (χ0v) is 12.1.